The Hall–Kier alpha value is -2.11. The SMILES string of the molecule is Cc1cc(=O)c(C(=O)N2CCN(CC(C)C)C(=O)C2C)cn1C. The normalized spacial score (nSPS) is 18.7. The third-order valence-electron chi connectivity index (χ3n) is 4.31. The first-order chi connectivity index (χ1) is 10.7. The Bertz CT molecular complexity index is 678. The number of hydrogen-bond acceptors (Lipinski definition) is 3. The van der Waals surface area contributed by atoms with Crippen molar-refractivity contribution in [3.8, 4) is 0 Å². The fourth-order valence-electron chi connectivity index (χ4n) is 2.87. The van der Waals surface area contributed by atoms with Gasteiger partial charge in [-0.05, 0) is 19.8 Å². The average molecular weight is 319 g/mol. The van der Waals surface area contributed by atoms with E-state index in [9.17, 15) is 14.4 Å². The largest absolute Gasteiger partial charge is 0.354 e. The molecule has 23 heavy (non-hydrogen) atoms. The van der Waals surface area contributed by atoms with E-state index in [1.807, 2.05) is 6.92 Å². The van der Waals surface area contributed by atoms with Crippen LogP contribution in [0.1, 0.15) is 36.8 Å². The standard InChI is InChI=1S/C17H25N3O3/c1-11(2)9-19-6-7-20(13(4)16(19)22)17(23)14-10-18(5)12(3)8-15(14)21/h8,10-11,13H,6-7,9H2,1-5H3. The Morgan fingerprint density at radius 2 is 1.96 bits per heavy atom. The van der Waals surface area contributed by atoms with Crippen LogP contribution in [0.25, 0.3) is 0 Å². The Labute approximate surface area is 136 Å². The molecular weight excluding hydrogens is 294 g/mol. The molecule has 1 aromatic rings. The number of hydrogen-bond donors (Lipinski definition) is 0. The molecule has 1 aromatic heterocycles. The first-order valence-corrected chi connectivity index (χ1v) is 7.99. The van der Waals surface area contributed by atoms with Crippen molar-refractivity contribution >= 4 is 11.8 Å². The van der Waals surface area contributed by atoms with Gasteiger partial charge in [0, 0.05) is 44.6 Å². The van der Waals surface area contributed by atoms with Gasteiger partial charge in [0.1, 0.15) is 11.6 Å². The molecule has 126 valence electrons. The molecule has 6 nitrogen and oxygen atoms in total. The van der Waals surface area contributed by atoms with Gasteiger partial charge in [-0.15, -0.1) is 0 Å². The van der Waals surface area contributed by atoms with Crippen LogP contribution in [-0.2, 0) is 11.8 Å². The van der Waals surface area contributed by atoms with Gasteiger partial charge in [0.15, 0.2) is 5.43 Å². The molecule has 1 fully saturated rings. The molecule has 2 heterocycles. The van der Waals surface area contributed by atoms with Crippen LogP contribution >= 0.6 is 0 Å². The quantitative estimate of drug-likeness (QED) is 0.836. The predicted molar refractivity (Wildman–Crippen MR) is 88.3 cm³/mol. The fourth-order valence-corrected chi connectivity index (χ4v) is 2.87. The van der Waals surface area contributed by atoms with Crippen molar-refractivity contribution < 1.29 is 9.59 Å². The molecule has 1 atom stereocenters. The van der Waals surface area contributed by atoms with Crippen LogP contribution in [0.4, 0.5) is 0 Å². The van der Waals surface area contributed by atoms with Crippen LogP contribution in [0.3, 0.4) is 0 Å². The topological polar surface area (TPSA) is 62.6 Å². The van der Waals surface area contributed by atoms with Crippen LogP contribution in [0.5, 0.6) is 0 Å². The van der Waals surface area contributed by atoms with Gasteiger partial charge in [-0.2, -0.15) is 0 Å². The maximum absolute atomic E-state index is 12.7. The van der Waals surface area contributed by atoms with Crippen LogP contribution in [0.15, 0.2) is 17.1 Å². The molecule has 0 aromatic carbocycles. The maximum Gasteiger partial charge on any atom is 0.260 e. The van der Waals surface area contributed by atoms with E-state index in [0.29, 0.717) is 25.6 Å². The summed E-state index contributed by atoms with van der Waals surface area (Å²) < 4.78 is 1.75. The van der Waals surface area contributed by atoms with Crippen LogP contribution in [0, 0.1) is 12.8 Å². The van der Waals surface area contributed by atoms with Crippen molar-refractivity contribution in [2.45, 2.75) is 33.7 Å². The zero-order valence-corrected chi connectivity index (χ0v) is 14.5. The lowest BCUT2D eigenvalue weighted by atomic mass is 10.1. The van der Waals surface area contributed by atoms with E-state index < -0.39 is 6.04 Å². The summed E-state index contributed by atoms with van der Waals surface area (Å²) in [4.78, 5) is 40.6. The summed E-state index contributed by atoms with van der Waals surface area (Å²) >= 11 is 0. The lowest BCUT2D eigenvalue weighted by Crippen LogP contribution is -2.58. The molecule has 0 radical (unpaired) electrons. The van der Waals surface area contributed by atoms with Gasteiger partial charge in [-0.1, -0.05) is 13.8 Å². The Morgan fingerprint density at radius 1 is 1.30 bits per heavy atom. The highest BCUT2D eigenvalue weighted by molar-refractivity contribution is 5.97. The monoisotopic (exact) mass is 319 g/mol. The number of piperazine rings is 1. The molecule has 1 aliphatic heterocycles. The molecule has 0 aliphatic carbocycles. The smallest absolute Gasteiger partial charge is 0.260 e. The van der Waals surface area contributed by atoms with Crippen molar-refractivity contribution in [1.29, 1.82) is 0 Å². The zero-order chi connectivity index (χ0) is 17.3. The first kappa shape index (κ1) is 17.2. The van der Waals surface area contributed by atoms with Crippen molar-refractivity contribution in [2.24, 2.45) is 13.0 Å². The summed E-state index contributed by atoms with van der Waals surface area (Å²) in [5.74, 6) is -0.0318. The van der Waals surface area contributed by atoms with E-state index >= 15 is 0 Å². The molecule has 0 spiro atoms. The third kappa shape index (κ3) is 3.46. The van der Waals surface area contributed by atoms with Crippen LogP contribution in [-0.4, -0.2) is 51.9 Å². The number of nitrogens with zero attached hydrogens (tertiary/aromatic N) is 3. The fraction of sp³-hybridized carbons (Fsp3) is 0.588. The molecular formula is C17H25N3O3. The summed E-state index contributed by atoms with van der Waals surface area (Å²) in [5.41, 5.74) is 0.613. The number of pyridine rings is 1. The highest BCUT2D eigenvalue weighted by Crippen LogP contribution is 2.15. The second kappa shape index (κ2) is 6.56. The second-order valence-corrected chi connectivity index (χ2v) is 6.66. The van der Waals surface area contributed by atoms with E-state index in [0.717, 1.165) is 5.69 Å². The van der Waals surface area contributed by atoms with Gasteiger partial charge in [-0.25, -0.2) is 0 Å². The van der Waals surface area contributed by atoms with E-state index in [4.69, 9.17) is 0 Å². The number of aromatic nitrogens is 1. The summed E-state index contributed by atoms with van der Waals surface area (Å²) in [5, 5.41) is 0. The molecule has 1 saturated heterocycles. The highest BCUT2D eigenvalue weighted by atomic mass is 16.2. The van der Waals surface area contributed by atoms with E-state index in [-0.39, 0.29) is 22.8 Å². The average Bonchev–Trinajstić information content (AvgIpc) is 2.47. The van der Waals surface area contributed by atoms with Crippen molar-refractivity contribution in [3.05, 3.63) is 33.7 Å². The first-order valence-electron chi connectivity index (χ1n) is 7.99. The zero-order valence-electron chi connectivity index (χ0n) is 14.5. The number of carbonyl (C=O) groups is 2. The minimum Gasteiger partial charge on any atom is -0.354 e. The van der Waals surface area contributed by atoms with Crippen molar-refractivity contribution in [1.82, 2.24) is 14.4 Å². The molecule has 1 aliphatic rings. The van der Waals surface area contributed by atoms with Gasteiger partial charge in [0.05, 0.1) is 0 Å². The maximum atomic E-state index is 12.7. The molecule has 0 bridgehead atoms. The molecule has 2 rings (SSSR count). The second-order valence-electron chi connectivity index (χ2n) is 6.66. The number of rotatable bonds is 3. The summed E-state index contributed by atoms with van der Waals surface area (Å²) in [6.07, 6.45) is 1.55. The lowest BCUT2D eigenvalue weighted by Gasteiger charge is -2.39. The Morgan fingerprint density at radius 3 is 2.57 bits per heavy atom. The highest BCUT2D eigenvalue weighted by Gasteiger charge is 2.35. The van der Waals surface area contributed by atoms with Crippen molar-refractivity contribution in [2.75, 3.05) is 19.6 Å². The van der Waals surface area contributed by atoms with Gasteiger partial charge in [0.25, 0.3) is 5.91 Å². The Kier molecular flexibility index (Phi) is 4.92. The van der Waals surface area contributed by atoms with E-state index in [1.165, 1.54) is 11.0 Å². The van der Waals surface area contributed by atoms with Gasteiger partial charge in [0.2, 0.25) is 5.91 Å². The summed E-state index contributed by atoms with van der Waals surface area (Å²) in [6.45, 7) is 9.32. The van der Waals surface area contributed by atoms with Crippen molar-refractivity contribution in [3.63, 3.8) is 0 Å². The molecule has 0 saturated carbocycles. The van der Waals surface area contributed by atoms with Crippen LogP contribution < -0.4 is 5.43 Å². The van der Waals surface area contributed by atoms with Gasteiger partial charge < -0.3 is 14.4 Å². The minimum absolute atomic E-state index is 0.0535. The minimum atomic E-state index is -0.541. The molecule has 0 N–H and O–H groups in total. The molecule has 6 heteroatoms. The third-order valence-corrected chi connectivity index (χ3v) is 4.31. The van der Waals surface area contributed by atoms with Crippen LogP contribution in [0.2, 0.25) is 0 Å². The van der Waals surface area contributed by atoms with E-state index in [2.05, 4.69) is 13.8 Å². The summed E-state index contributed by atoms with van der Waals surface area (Å²) in [6, 6.07) is 0.912. The number of carbonyl (C=O) groups excluding carboxylic acids is 2. The van der Waals surface area contributed by atoms with Gasteiger partial charge >= 0.3 is 0 Å². The summed E-state index contributed by atoms with van der Waals surface area (Å²) in [7, 11) is 1.79. The Balaban J connectivity index is 2.23. The number of aryl methyl sites for hydroxylation is 2. The van der Waals surface area contributed by atoms with Gasteiger partial charge in [-0.3, -0.25) is 14.4 Å². The predicted octanol–water partition coefficient (Wildman–Crippen LogP) is 1.02. The van der Waals surface area contributed by atoms with E-state index in [1.54, 1.807) is 29.6 Å². The number of amides is 2. The lowest BCUT2D eigenvalue weighted by molar-refractivity contribution is -0.140. The molecule has 1 unspecified atom stereocenters. The molecule has 2 amide bonds.